The van der Waals surface area contributed by atoms with Crippen LogP contribution in [0.1, 0.15) is 35.7 Å². The Bertz CT molecular complexity index is 923. The lowest BCUT2D eigenvalue weighted by molar-refractivity contribution is 0.0783. The topological polar surface area (TPSA) is 75.7 Å². The first-order chi connectivity index (χ1) is 12.9. The second kappa shape index (κ2) is 8.10. The summed E-state index contributed by atoms with van der Waals surface area (Å²) in [5.41, 5.74) is 1.24. The lowest BCUT2D eigenvalue weighted by Crippen LogP contribution is -2.28. The molecule has 0 radical (unpaired) electrons. The molecule has 1 N–H and O–H groups in total. The van der Waals surface area contributed by atoms with Crippen LogP contribution in [0, 0.1) is 0 Å². The molecule has 2 aromatic rings. The Morgan fingerprint density at radius 1 is 1.19 bits per heavy atom. The molecule has 27 heavy (non-hydrogen) atoms. The highest BCUT2D eigenvalue weighted by atomic mass is 32.2. The Morgan fingerprint density at radius 2 is 1.93 bits per heavy atom. The number of nitrogens with zero attached hydrogens (tertiary/aromatic N) is 1. The number of hydrogen-bond donors (Lipinski definition) is 1. The second-order valence-corrected chi connectivity index (χ2v) is 8.34. The van der Waals surface area contributed by atoms with Gasteiger partial charge in [0.15, 0.2) is 0 Å². The smallest absolute Gasteiger partial charge is 0.253 e. The van der Waals surface area contributed by atoms with E-state index in [-0.39, 0.29) is 16.8 Å². The Hall–Kier alpha value is -2.38. The van der Waals surface area contributed by atoms with Gasteiger partial charge in [0.25, 0.3) is 5.91 Å². The fourth-order valence-corrected chi connectivity index (χ4v) is 4.11. The molecule has 0 spiro atoms. The van der Waals surface area contributed by atoms with Crippen molar-refractivity contribution < 1.29 is 17.9 Å². The highest BCUT2D eigenvalue weighted by molar-refractivity contribution is 7.89. The zero-order valence-electron chi connectivity index (χ0n) is 15.5. The third-order valence-corrected chi connectivity index (χ3v) is 5.84. The quantitative estimate of drug-likeness (QED) is 0.754. The van der Waals surface area contributed by atoms with E-state index in [1.165, 1.54) is 12.1 Å². The number of rotatable bonds is 8. The molecule has 0 unspecified atom stereocenters. The zero-order valence-corrected chi connectivity index (χ0v) is 16.3. The average Bonchev–Trinajstić information content (AvgIpc) is 3.46. The number of sulfonamides is 1. The Balaban J connectivity index is 1.76. The van der Waals surface area contributed by atoms with Crippen molar-refractivity contribution in [2.24, 2.45) is 0 Å². The summed E-state index contributed by atoms with van der Waals surface area (Å²) in [7, 11) is -1.90. The first-order valence-corrected chi connectivity index (χ1v) is 10.5. The van der Waals surface area contributed by atoms with Crippen LogP contribution >= 0.6 is 0 Å². The van der Waals surface area contributed by atoms with Crippen LogP contribution in [0.3, 0.4) is 0 Å². The first-order valence-electron chi connectivity index (χ1n) is 8.99. The van der Waals surface area contributed by atoms with E-state index in [2.05, 4.69) is 4.72 Å². The van der Waals surface area contributed by atoms with Gasteiger partial charge < -0.3 is 9.64 Å². The normalized spacial score (nSPS) is 14.0. The summed E-state index contributed by atoms with van der Waals surface area (Å²) in [6, 6.07) is 13.7. The lowest BCUT2D eigenvalue weighted by atomic mass is 10.1. The van der Waals surface area contributed by atoms with Crippen molar-refractivity contribution in [3.8, 4) is 5.75 Å². The van der Waals surface area contributed by atoms with Gasteiger partial charge in [-0.2, -0.15) is 0 Å². The summed E-state index contributed by atoms with van der Waals surface area (Å²) in [5, 5.41) is 0. The zero-order chi connectivity index (χ0) is 19.4. The molecule has 1 amide bonds. The van der Waals surface area contributed by atoms with Gasteiger partial charge in [0.05, 0.1) is 11.5 Å². The van der Waals surface area contributed by atoms with Gasteiger partial charge in [0.1, 0.15) is 5.75 Å². The molecule has 1 aliphatic rings. The van der Waals surface area contributed by atoms with Crippen molar-refractivity contribution in [2.75, 3.05) is 13.7 Å². The SMILES string of the molecule is CCOc1ccccc1CN(C)C(=O)c1cccc(S(=O)(=O)NC2CC2)c1. The minimum Gasteiger partial charge on any atom is -0.494 e. The van der Waals surface area contributed by atoms with Crippen molar-refractivity contribution in [3.05, 3.63) is 59.7 Å². The van der Waals surface area contributed by atoms with Gasteiger partial charge in [-0.3, -0.25) is 4.79 Å². The van der Waals surface area contributed by atoms with Gasteiger partial charge in [-0.15, -0.1) is 0 Å². The first kappa shape index (κ1) is 19.4. The third kappa shape index (κ3) is 4.87. The number of benzene rings is 2. The molecule has 1 saturated carbocycles. The number of ether oxygens (including phenoxy) is 1. The summed E-state index contributed by atoms with van der Waals surface area (Å²) in [6.07, 6.45) is 1.72. The molecule has 0 aromatic heterocycles. The van der Waals surface area contributed by atoms with Crippen LogP contribution in [-0.4, -0.2) is 38.9 Å². The van der Waals surface area contributed by atoms with Crippen molar-refractivity contribution in [1.82, 2.24) is 9.62 Å². The van der Waals surface area contributed by atoms with Gasteiger partial charge >= 0.3 is 0 Å². The van der Waals surface area contributed by atoms with Crippen molar-refractivity contribution >= 4 is 15.9 Å². The van der Waals surface area contributed by atoms with E-state index in [1.54, 1.807) is 24.1 Å². The average molecular weight is 388 g/mol. The molecule has 1 aliphatic carbocycles. The van der Waals surface area contributed by atoms with E-state index < -0.39 is 10.0 Å². The van der Waals surface area contributed by atoms with E-state index in [4.69, 9.17) is 4.74 Å². The largest absolute Gasteiger partial charge is 0.494 e. The van der Waals surface area contributed by atoms with Crippen LogP contribution in [0.15, 0.2) is 53.4 Å². The number of amides is 1. The van der Waals surface area contributed by atoms with Crippen LogP contribution < -0.4 is 9.46 Å². The van der Waals surface area contributed by atoms with Gasteiger partial charge in [-0.05, 0) is 44.0 Å². The summed E-state index contributed by atoms with van der Waals surface area (Å²) in [5.74, 6) is 0.495. The maximum atomic E-state index is 12.8. The number of hydrogen-bond acceptors (Lipinski definition) is 4. The molecular formula is C20H24N2O4S. The predicted molar refractivity (Wildman–Crippen MR) is 103 cm³/mol. The van der Waals surface area contributed by atoms with Crippen molar-refractivity contribution in [1.29, 1.82) is 0 Å². The van der Waals surface area contributed by atoms with Crippen LogP contribution in [0.5, 0.6) is 5.75 Å². The molecule has 2 aromatic carbocycles. The molecule has 1 fully saturated rings. The van der Waals surface area contributed by atoms with Gasteiger partial charge in [0, 0.05) is 30.8 Å². The molecule has 0 bridgehead atoms. The highest BCUT2D eigenvalue weighted by Gasteiger charge is 2.28. The van der Waals surface area contributed by atoms with Crippen molar-refractivity contribution in [3.63, 3.8) is 0 Å². The van der Waals surface area contributed by atoms with Gasteiger partial charge in [0.2, 0.25) is 10.0 Å². The summed E-state index contributed by atoms with van der Waals surface area (Å²) >= 11 is 0. The van der Waals surface area contributed by atoms with E-state index in [0.29, 0.717) is 18.7 Å². The van der Waals surface area contributed by atoms with Crippen LogP contribution in [0.25, 0.3) is 0 Å². The molecule has 3 rings (SSSR count). The summed E-state index contributed by atoms with van der Waals surface area (Å²) in [4.78, 5) is 14.5. The number of carbonyl (C=O) groups excluding carboxylic acids is 1. The predicted octanol–water partition coefficient (Wildman–Crippen LogP) is 2.80. The highest BCUT2D eigenvalue weighted by Crippen LogP contribution is 2.23. The second-order valence-electron chi connectivity index (χ2n) is 6.63. The molecular weight excluding hydrogens is 364 g/mol. The van der Waals surface area contributed by atoms with E-state index in [1.807, 2.05) is 31.2 Å². The Labute approximate surface area is 160 Å². The molecule has 6 nitrogen and oxygen atoms in total. The van der Waals surface area contributed by atoms with Crippen molar-refractivity contribution in [2.45, 2.75) is 37.2 Å². The molecule has 0 heterocycles. The number of nitrogens with one attached hydrogen (secondary N) is 1. The van der Waals surface area contributed by atoms with Gasteiger partial charge in [-0.25, -0.2) is 13.1 Å². The Morgan fingerprint density at radius 3 is 2.63 bits per heavy atom. The molecule has 7 heteroatoms. The lowest BCUT2D eigenvalue weighted by Gasteiger charge is -2.19. The molecule has 144 valence electrons. The van der Waals surface area contributed by atoms with E-state index >= 15 is 0 Å². The fraction of sp³-hybridized carbons (Fsp3) is 0.350. The molecule has 0 aliphatic heterocycles. The van der Waals surface area contributed by atoms with E-state index in [9.17, 15) is 13.2 Å². The van der Waals surface area contributed by atoms with Crippen LogP contribution in [0.4, 0.5) is 0 Å². The maximum Gasteiger partial charge on any atom is 0.253 e. The maximum absolute atomic E-state index is 12.8. The third-order valence-electron chi connectivity index (χ3n) is 4.32. The summed E-state index contributed by atoms with van der Waals surface area (Å²) < 4.78 is 33.0. The Kier molecular flexibility index (Phi) is 5.82. The van der Waals surface area contributed by atoms with Crippen LogP contribution in [0.2, 0.25) is 0 Å². The number of para-hydroxylation sites is 1. The standard InChI is InChI=1S/C20H24N2O4S/c1-3-26-19-10-5-4-7-16(19)14-22(2)20(23)15-8-6-9-18(13-15)27(24,25)21-17-11-12-17/h4-10,13,17,21H,3,11-12,14H2,1-2H3. The van der Waals surface area contributed by atoms with Gasteiger partial charge in [-0.1, -0.05) is 24.3 Å². The molecule has 0 saturated heterocycles. The number of carbonyl (C=O) groups is 1. The fourth-order valence-electron chi connectivity index (χ4n) is 2.76. The monoisotopic (exact) mass is 388 g/mol. The minimum absolute atomic E-state index is 0.0205. The summed E-state index contributed by atoms with van der Waals surface area (Å²) in [6.45, 7) is 2.82. The van der Waals surface area contributed by atoms with E-state index in [0.717, 1.165) is 24.2 Å². The molecule has 0 atom stereocenters. The van der Waals surface area contributed by atoms with Crippen LogP contribution in [-0.2, 0) is 16.6 Å². The minimum atomic E-state index is -3.59.